The first-order chi connectivity index (χ1) is 11.4. The predicted molar refractivity (Wildman–Crippen MR) is 91.6 cm³/mol. The summed E-state index contributed by atoms with van der Waals surface area (Å²) in [6.07, 6.45) is 1.38. The van der Waals surface area contributed by atoms with E-state index in [1.54, 1.807) is 6.92 Å². The molecule has 1 fully saturated rings. The van der Waals surface area contributed by atoms with Crippen LogP contribution in [0.15, 0.2) is 30.3 Å². The minimum Gasteiger partial charge on any atom is -0.466 e. The zero-order valence-corrected chi connectivity index (χ0v) is 14.7. The van der Waals surface area contributed by atoms with E-state index in [-0.39, 0.29) is 29.8 Å². The first kappa shape index (κ1) is 18.3. The molecule has 2 atom stereocenters. The fraction of sp³-hybridized carbons (Fsp3) is 0.579. The van der Waals surface area contributed by atoms with Crippen LogP contribution in [0, 0.1) is 11.3 Å². The SMILES string of the molecule is CCOC(=O)CC(NC(=O)OCCc1ccccc1)C1CC1(C)C. The van der Waals surface area contributed by atoms with Crippen LogP contribution in [0.1, 0.15) is 39.2 Å². The molecule has 1 aliphatic rings. The van der Waals surface area contributed by atoms with Crippen molar-refractivity contribution in [2.75, 3.05) is 13.2 Å². The molecule has 0 radical (unpaired) electrons. The van der Waals surface area contributed by atoms with E-state index in [9.17, 15) is 9.59 Å². The van der Waals surface area contributed by atoms with Gasteiger partial charge in [0, 0.05) is 12.5 Å². The van der Waals surface area contributed by atoms with E-state index in [4.69, 9.17) is 9.47 Å². The molecule has 2 rings (SSSR count). The third-order valence-electron chi connectivity index (χ3n) is 4.54. The normalized spacial score (nSPS) is 19.2. The lowest BCUT2D eigenvalue weighted by molar-refractivity contribution is -0.143. The van der Waals surface area contributed by atoms with Crippen LogP contribution in [-0.2, 0) is 20.7 Å². The number of esters is 1. The van der Waals surface area contributed by atoms with Gasteiger partial charge in [-0.1, -0.05) is 44.2 Å². The number of hydrogen-bond donors (Lipinski definition) is 1. The summed E-state index contributed by atoms with van der Waals surface area (Å²) in [7, 11) is 0. The molecule has 1 N–H and O–H groups in total. The fourth-order valence-corrected chi connectivity index (χ4v) is 2.99. The summed E-state index contributed by atoms with van der Waals surface area (Å²) in [4.78, 5) is 23.8. The van der Waals surface area contributed by atoms with Crippen LogP contribution in [0.5, 0.6) is 0 Å². The van der Waals surface area contributed by atoms with Gasteiger partial charge in [0.25, 0.3) is 0 Å². The molecule has 0 saturated heterocycles. The van der Waals surface area contributed by atoms with Crippen molar-refractivity contribution < 1.29 is 19.1 Å². The van der Waals surface area contributed by atoms with E-state index < -0.39 is 6.09 Å². The first-order valence-corrected chi connectivity index (χ1v) is 8.55. The lowest BCUT2D eigenvalue weighted by Crippen LogP contribution is -2.40. The summed E-state index contributed by atoms with van der Waals surface area (Å²) in [5, 5.41) is 2.85. The van der Waals surface area contributed by atoms with Crippen LogP contribution < -0.4 is 5.32 Å². The van der Waals surface area contributed by atoms with Crippen LogP contribution in [0.3, 0.4) is 0 Å². The Labute approximate surface area is 143 Å². The zero-order valence-electron chi connectivity index (χ0n) is 14.7. The van der Waals surface area contributed by atoms with Gasteiger partial charge in [-0.3, -0.25) is 4.79 Å². The Morgan fingerprint density at radius 3 is 2.50 bits per heavy atom. The van der Waals surface area contributed by atoms with Gasteiger partial charge in [-0.15, -0.1) is 0 Å². The van der Waals surface area contributed by atoms with Crippen LogP contribution in [0.25, 0.3) is 0 Å². The Morgan fingerprint density at radius 1 is 1.25 bits per heavy atom. The molecular formula is C19H27NO4. The van der Waals surface area contributed by atoms with Crippen molar-refractivity contribution in [3.63, 3.8) is 0 Å². The van der Waals surface area contributed by atoms with Gasteiger partial charge in [0.1, 0.15) is 0 Å². The second kappa shape index (κ2) is 8.18. The van der Waals surface area contributed by atoms with E-state index in [2.05, 4.69) is 19.2 Å². The van der Waals surface area contributed by atoms with Crippen molar-refractivity contribution in [1.82, 2.24) is 5.32 Å². The molecule has 24 heavy (non-hydrogen) atoms. The van der Waals surface area contributed by atoms with Crippen LogP contribution in [0.4, 0.5) is 4.79 Å². The summed E-state index contributed by atoms with van der Waals surface area (Å²) in [5.74, 6) is -0.00151. The highest BCUT2D eigenvalue weighted by Crippen LogP contribution is 2.54. The molecule has 5 heteroatoms. The molecule has 132 valence electrons. The van der Waals surface area contributed by atoms with Gasteiger partial charge >= 0.3 is 12.1 Å². The number of nitrogens with one attached hydrogen (secondary N) is 1. The Morgan fingerprint density at radius 2 is 1.92 bits per heavy atom. The predicted octanol–water partition coefficient (Wildman–Crippen LogP) is 3.32. The summed E-state index contributed by atoms with van der Waals surface area (Å²) in [6.45, 7) is 6.72. The highest BCUT2D eigenvalue weighted by atomic mass is 16.5. The smallest absolute Gasteiger partial charge is 0.407 e. The lowest BCUT2D eigenvalue weighted by atomic mass is 10.0. The number of ether oxygens (including phenoxy) is 2. The topological polar surface area (TPSA) is 64.6 Å². The maximum Gasteiger partial charge on any atom is 0.407 e. The van der Waals surface area contributed by atoms with Crippen LogP contribution >= 0.6 is 0 Å². The van der Waals surface area contributed by atoms with E-state index in [0.29, 0.717) is 19.6 Å². The largest absolute Gasteiger partial charge is 0.466 e. The molecule has 1 saturated carbocycles. The van der Waals surface area contributed by atoms with Crippen molar-refractivity contribution in [2.24, 2.45) is 11.3 Å². The second-order valence-electron chi connectivity index (χ2n) is 6.93. The molecule has 1 aliphatic carbocycles. The fourth-order valence-electron chi connectivity index (χ4n) is 2.99. The van der Waals surface area contributed by atoms with Gasteiger partial charge in [0.05, 0.1) is 19.6 Å². The number of rotatable bonds is 8. The third kappa shape index (κ3) is 5.55. The quantitative estimate of drug-likeness (QED) is 0.741. The Hall–Kier alpha value is -2.04. The number of benzene rings is 1. The number of hydrogen-bond acceptors (Lipinski definition) is 4. The molecule has 0 spiro atoms. The Balaban J connectivity index is 1.80. The van der Waals surface area contributed by atoms with Crippen molar-refractivity contribution in [1.29, 1.82) is 0 Å². The number of carbonyl (C=O) groups is 2. The molecule has 0 heterocycles. The van der Waals surface area contributed by atoms with Gasteiger partial charge in [-0.05, 0) is 30.2 Å². The van der Waals surface area contributed by atoms with E-state index in [0.717, 1.165) is 12.0 Å². The Bertz CT molecular complexity index is 556. The lowest BCUT2D eigenvalue weighted by Gasteiger charge is -2.19. The Kier molecular flexibility index (Phi) is 6.23. The van der Waals surface area contributed by atoms with Gasteiger partial charge in [0.15, 0.2) is 0 Å². The average Bonchev–Trinajstić information content (AvgIpc) is 3.16. The molecular weight excluding hydrogens is 306 g/mol. The van der Waals surface area contributed by atoms with Gasteiger partial charge < -0.3 is 14.8 Å². The maximum atomic E-state index is 12.0. The minimum absolute atomic E-state index is 0.147. The summed E-state index contributed by atoms with van der Waals surface area (Å²) >= 11 is 0. The van der Waals surface area contributed by atoms with Crippen molar-refractivity contribution in [3.8, 4) is 0 Å². The summed E-state index contributed by atoms with van der Waals surface area (Å²) in [5.41, 5.74) is 1.27. The zero-order chi connectivity index (χ0) is 17.6. The first-order valence-electron chi connectivity index (χ1n) is 8.55. The molecule has 0 bridgehead atoms. The third-order valence-corrected chi connectivity index (χ3v) is 4.54. The second-order valence-corrected chi connectivity index (χ2v) is 6.93. The monoisotopic (exact) mass is 333 g/mol. The van der Waals surface area contributed by atoms with Gasteiger partial charge in [0.2, 0.25) is 0 Å². The van der Waals surface area contributed by atoms with Gasteiger partial charge in [-0.25, -0.2) is 4.79 Å². The molecule has 1 aromatic carbocycles. The molecule has 1 aromatic rings. The number of carbonyl (C=O) groups excluding carboxylic acids is 2. The highest BCUT2D eigenvalue weighted by Gasteiger charge is 2.51. The number of amides is 1. The van der Waals surface area contributed by atoms with Crippen molar-refractivity contribution in [3.05, 3.63) is 35.9 Å². The minimum atomic E-state index is -0.470. The summed E-state index contributed by atoms with van der Waals surface area (Å²) in [6, 6.07) is 9.63. The van der Waals surface area contributed by atoms with Crippen molar-refractivity contribution in [2.45, 2.75) is 46.1 Å². The summed E-state index contributed by atoms with van der Waals surface area (Å²) < 4.78 is 10.3. The highest BCUT2D eigenvalue weighted by molar-refractivity contribution is 5.73. The molecule has 1 amide bonds. The molecule has 0 aromatic heterocycles. The molecule has 5 nitrogen and oxygen atoms in total. The van der Waals surface area contributed by atoms with Crippen LogP contribution in [0.2, 0.25) is 0 Å². The van der Waals surface area contributed by atoms with E-state index in [1.807, 2.05) is 30.3 Å². The van der Waals surface area contributed by atoms with Crippen LogP contribution in [-0.4, -0.2) is 31.3 Å². The molecule has 2 unspecified atom stereocenters. The number of alkyl carbamates (subject to hydrolysis) is 1. The molecule has 0 aliphatic heterocycles. The van der Waals surface area contributed by atoms with Crippen molar-refractivity contribution >= 4 is 12.1 Å². The maximum absolute atomic E-state index is 12.0. The standard InChI is InChI=1S/C19H27NO4/c1-4-23-17(21)12-16(15-13-19(15,2)3)20-18(22)24-11-10-14-8-6-5-7-9-14/h5-9,15-16H,4,10-13H2,1-3H3,(H,20,22). The van der Waals surface area contributed by atoms with E-state index in [1.165, 1.54) is 0 Å². The van der Waals surface area contributed by atoms with E-state index >= 15 is 0 Å². The van der Waals surface area contributed by atoms with Gasteiger partial charge in [-0.2, -0.15) is 0 Å². The average molecular weight is 333 g/mol.